The molecule has 19 heavy (non-hydrogen) atoms. The molecule has 6 nitrogen and oxygen atoms in total. The van der Waals surface area contributed by atoms with Crippen LogP contribution in [-0.2, 0) is 17.8 Å². The molecule has 1 aromatic heterocycles. The van der Waals surface area contributed by atoms with E-state index >= 15 is 0 Å². The van der Waals surface area contributed by atoms with Crippen molar-refractivity contribution in [2.45, 2.75) is 58.0 Å². The van der Waals surface area contributed by atoms with E-state index in [1.165, 1.54) is 0 Å². The first-order chi connectivity index (χ1) is 9.06. The number of nitrogens with zero attached hydrogens (tertiary/aromatic N) is 3. The van der Waals surface area contributed by atoms with Gasteiger partial charge in [0.2, 0.25) is 5.89 Å². The molecule has 0 bridgehead atoms. The van der Waals surface area contributed by atoms with Crippen molar-refractivity contribution < 1.29 is 14.4 Å². The monoisotopic (exact) mass is 267 g/mol. The van der Waals surface area contributed by atoms with Gasteiger partial charge >= 0.3 is 5.97 Å². The molecule has 0 spiro atoms. The van der Waals surface area contributed by atoms with Gasteiger partial charge in [-0.05, 0) is 39.2 Å². The molecular weight excluding hydrogens is 246 g/mol. The van der Waals surface area contributed by atoms with Gasteiger partial charge in [-0.1, -0.05) is 12.1 Å². The Morgan fingerprint density at radius 2 is 2.32 bits per heavy atom. The first kappa shape index (κ1) is 14.0. The van der Waals surface area contributed by atoms with Crippen molar-refractivity contribution in [2.75, 3.05) is 6.54 Å². The van der Waals surface area contributed by atoms with Crippen molar-refractivity contribution in [1.82, 2.24) is 15.0 Å². The Hall–Kier alpha value is -1.43. The van der Waals surface area contributed by atoms with Crippen LogP contribution in [0.2, 0.25) is 0 Å². The fourth-order valence-electron chi connectivity index (χ4n) is 2.51. The Balaban J connectivity index is 2.08. The van der Waals surface area contributed by atoms with E-state index in [0.29, 0.717) is 24.7 Å². The molecule has 1 N–H and O–H groups in total. The van der Waals surface area contributed by atoms with Crippen LogP contribution in [-0.4, -0.2) is 38.2 Å². The topological polar surface area (TPSA) is 79.5 Å². The molecule has 0 radical (unpaired) electrons. The highest BCUT2D eigenvalue weighted by molar-refractivity contribution is 5.78. The normalized spacial score (nSPS) is 24.5. The lowest BCUT2D eigenvalue weighted by Crippen LogP contribution is -2.54. The highest BCUT2D eigenvalue weighted by atomic mass is 16.5. The molecule has 0 aromatic carbocycles. The number of aliphatic carboxylic acids is 1. The molecule has 2 heterocycles. The fraction of sp³-hybridized carbons (Fsp3) is 0.769. The highest BCUT2D eigenvalue weighted by Gasteiger charge is 2.41. The zero-order valence-electron chi connectivity index (χ0n) is 11.6. The second-order valence-corrected chi connectivity index (χ2v) is 5.31. The maximum absolute atomic E-state index is 11.5. The van der Waals surface area contributed by atoms with Gasteiger partial charge in [-0.2, -0.15) is 4.98 Å². The molecule has 0 amide bonds. The molecule has 2 rings (SSSR count). The lowest BCUT2D eigenvalue weighted by Gasteiger charge is -2.40. The zero-order chi connectivity index (χ0) is 13.9. The van der Waals surface area contributed by atoms with Gasteiger partial charge in [0.25, 0.3) is 0 Å². The summed E-state index contributed by atoms with van der Waals surface area (Å²) >= 11 is 0. The van der Waals surface area contributed by atoms with Gasteiger partial charge in [0.05, 0.1) is 6.54 Å². The Bertz CT molecular complexity index is 446. The van der Waals surface area contributed by atoms with Crippen molar-refractivity contribution in [3.05, 3.63) is 11.7 Å². The number of likely N-dealkylation sites (tertiary alicyclic amines) is 1. The predicted molar refractivity (Wildman–Crippen MR) is 68.6 cm³/mol. The minimum absolute atomic E-state index is 0.440. The summed E-state index contributed by atoms with van der Waals surface area (Å²) in [4.78, 5) is 17.7. The molecule has 106 valence electrons. The predicted octanol–water partition coefficient (Wildman–Crippen LogP) is 1.85. The minimum Gasteiger partial charge on any atom is -0.480 e. The van der Waals surface area contributed by atoms with Gasteiger partial charge in [0.1, 0.15) is 5.54 Å². The summed E-state index contributed by atoms with van der Waals surface area (Å²) in [6.07, 6.45) is 4.36. The van der Waals surface area contributed by atoms with Crippen molar-refractivity contribution in [2.24, 2.45) is 0 Å². The zero-order valence-corrected chi connectivity index (χ0v) is 11.6. The molecule has 1 aliphatic rings. The molecule has 0 aliphatic carbocycles. The number of carboxylic acid groups (broad SMARTS) is 1. The second-order valence-electron chi connectivity index (χ2n) is 5.31. The first-order valence-corrected chi connectivity index (χ1v) is 6.86. The molecule has 1 unspecified atom stereocenters. The van der Waals surface area contributed by atoms with Crippen LogP contribution in [0.5, 0.6) is 0 Å². The van der Waals surface area contributed by atoms with Crippen LogP contribution in [0.4, 0.5) is 0 Å². The van der Waals surface area contributed by atoms with E-state index in [1.807, 2.05) is 4.90 Å². The van der Waals surface area contributed by atoms with Gasteiger partial charge < -0.3 is 9.63 Å². The maximum atomic E-state index is 11.5. The van der Waals surface area contributed by atoms with Crippen LogP contribution in [0.1, 0.15) is 51.2 Å². The second kappa shape index (κ2) is 5.69. The van der Waals surface area contributed by atoms with E-state index in [-0.39, 0.29) is 0 Å². The Morgan fingerprint density at radius 3 is 3.00 bits per heavy atom. The number of rotatable bonds is 5. The van der Waals surface area contributed by atoms with Crippen molar-refractivity contribution >= 4 is 5.97 Å². The number of aromatic nitrogens is 2. The summed E-state index contributed by atoms with van der Waals surface area (Å²) in [5, 5.41) is 13.4. The van der Waals surface area contributed by atoms with Crippen LogP contribution < -0.4 is 0 Å². The molecule has 1 aromatic rings. The number of hydrogen-bond acceptors (Lipinski definition) is 5. The standard InChI is InChI=1S/C13H21N3O3/c1-3-6-11-14-10(15-19-11)9-16-8-5-4-7-13(16,2)12(17)18/h3-9H2,1-2H3,(H,17,18). The van der Waals surface area contributed by atoms with Gasteiger partial charge in [0.15, 0.2) is 5.82 Å². The average Bonchev–Trinajstić information content (AvgIpc) is 2.80. The average molecular weight is 267 g/mol. The van der Waals surface area contributed by atoms with Gasteiger partial charge in [-0.15, -0.1) is 0 Å². The smallest absolute Gasteiger partial charge is 0.323 e. The number of carboxylic acids is 1. The van der Waals surface area contributed by atoms with E-state index in [2.05, 4.69) is 17.1 Å². The summed E-state index contributed by atoms with van der Waals surface area (Å²) < 4.78 is 5.14. The SMILES string of the molecule is CCCc1nc(CN2CCCCC2(C)C(=O)O)no1. The van der Waals surface area contributed by atoms with Crippen LogP contribution >= 0.6 is 0 Å². The summed E-state index contributed by atoms with van der Waals surface area (Å²) in [5.41, 5.74) is -0.816. The Kier molecular flexibility index (Phi) is 4.19. The van der Waals surface area contributed by atoms with E-state index in [9.17, 15) is 9.90 Å². The summed E-state index contributed by atoms with van der Waals surface area (Å²) in [5.74, 6) is 0.439. The van der Waals surface area contributed by atoms with Crippen molar-refractivity contribution in [3.8, 4) is 0 Å². The maximum Gasteiger partial charge on any atom is 0.323 e. The van der Waals surface area contributed by atoms with Gasteiger partial charge in [-0.25, -0.2) is 0 Å². The van der Waals surface area contributed by atoms with E-state index in [4.69, 9.17) is 4.52 Å². The number of carbonyl (C=O) groups is 1. The van der Waals surface area contributed by atoms with E-state index < -0.39 is 11.5 Å². The van der Waals surface area contributed by atoms with Crippen molar-refractivity contribution in [1.29, 1.82) is 0 Å². The van der Waals surface area contributed by atoms with E-state index in [1.54, 1.807) is 6.92 Å². The Morgan fingerprint density at radius 1 is 1.53 bits per heavy atom. The highest BCUT2D eigenvalue weighted by Crippen LogP contribution is 2.29. The summed E-state index contributed by atoms with van der Waals surface area (Å²) in [7, 11) is 0. The largest absolute Gasteiger partial charge is 0.480 e. The lowest BCUT2D eigenvalue weighted by atomic mass is 9.88. The van der Waals surface area contributed by atoms with Gasteiger partial charge in [-0.3, -0.25) is 9.69 Å². The third-order valence-corrected chi connectivity index (χ3v) is 3.81. The van der Waals surface area contributed by atoms with E-state index in [0.717, 1.165) is 32.2 Å². The van der Waals surface area contributed by atoms with Crippen LogP contribution in [0.3, 0.4) is 0 Å². The fourth-order valence-corrected chi connectivity index (χ4v) is 2.51. The van der Waals surface area contributed by atoms with Crippen LogP contribution in [0.25, 0.3) is 0 Å². The number of aryl methyl sites for hydroxylation is 1. The molecular formula is C13H21N3O3. The quantitative estimate of drug-likeness (QED) is 0.877. The molecule has 6 heteroatoms. The molecule has 1 aliphatic heterocycles. The van der Waals surface area contributed by atoms with Crippen molar-refractivity contribution in [3.63, 3.8) is 0 Å². The molecule has 1 fully saturated rings. The Labute approximate surface area is 112 Å². The van der Waals surface area contributed by atoms with Gasteiger partial charge in [0, 0.05) is 6.42 Å². The molecule has 0 saturated carbocycles. The summed E-state index contributed by atoms with van der Waals surface area (Å²) in [6.45, 7) is 5.04. The molecule has 1 atom stereocenters. The third-order valence-electron chi connectivity index (χ3n) is 3.81. The lowest BCUT2D eigenvalue weighted by molar-refractivity contribution is -0.153. The summed E-state index contributed by atoms with van der Waals surface area (Å²) in [6, 6.07) is 0. The number of hydrogen-bond donors (Lipinski definition) is 1. The first-order valence-electron chi connectivity index (χ1n) is 6.86. The number of piperidine rings is 1. The third kappa shape index (κ3) is 2.94. The van der Waals surface area contributed by atoms with Crippen LogP contribution in [0.15, 0.2) is 4.52 Å². The molecule has 1 saturated heterocycles. The minimum atomic E-state index is -0.816. The van der Waals surface area contributed by atoms with Crippen LogP contribution in [0, 0.1) is 0 Å².